The van der Waals surface area contributed by atoms with Gasteiger partial charge in [-0.05, 0) is 25.8 Å². The summed E-state index contributed by atoms with van der Waals surface area (Å²) in [5.74, 6) is 0. The minimum atomic E-state index is -0.159. The highest BCUT2D eigenvalue weighted by Gasteiger charge is 2.19. The fourth-order valence-corrected chi connectivity index (χ4v) is 1.89. The van der Waals surface area contributed by atoms with Gasteiger partial charge in [-0.2, -0.15) is 0 Å². The first kappa shape index (κ1) is 15.2. The van der Waals surface area contributed by atoms with E-state index in [1.54, 1.807) is 0 Å². The van der Waals surface area contributed by atoms with E-state index in [2.05, 4.69) is 36.5 Å². The third-order valence-electron chi connectivity index (χ3n) is 2.84. The van der Waals surface area contributed by atoms with Crippen molar-refractivity contribution in [2.24, 2.45) is 0 Å². The normalized spacial score (nSPS) is 12.9. The number of benzene rings is 1. The Kier molecular flexibility index (Phi) is 7.65. The van der Waals surface area contributed by atoms with Crippen LogP contribution >= 0.6 is 0 Å². The van der Waals surface area contributed by atoms with Crippen molar-refractivity contribution in [2.75, 3.05) is 13.2 Å². The zero-order chi connectivity index (χ0) is 13.2. The molecule has 0 aliphatic carbocycles. The lowest BCUT2D eigenvalue weighted by atomic mass is 10.1. The average molecular weight is 251 g/mol. The molecule has 1 aromatic rings. The summed E-state index contributed by atoms with van der Waals surface area (Å²) in [5.41, 5.74) is 1.28. The van der Waals surface area contributed by atoms with E-state index in [4.69, 9.17) is 9.47 Å². The summed E-state index contributed by atoms with van der Waals surface area (Å²) in [4.78, 5) is 0. The molecule has 0 fully saturated rings. The summed E-state index contributed by atoms with van der Waals surface area (Å²) < 4.78 is 11.3. The molecule has 0 radical (unpaired) electrons. The van der Waals surface area contributed by atoms with Crippen LogP contribution in [-0.2, 0) is 16.0 Å². The molecule has 0 heterocycles. The quantitative estimate of drug-likeness (QED) is 0.684. The topological polar surface area (TPSA) is 30.5 Å². The minimum Gasteiger partial charge on any atom is -0.351 e. The van der Waals surface area contributed by atoms with Crippen LogP contribution in [0.5, 0.6) is 0 Å². The summed E-state index contributed by atoms with van der Waals surface area (Å²) in [7, 11) is 0. The molecule has 1 N–H and O–H groups in total. The van der Waals surface area contributed by atoms with Gasteiger partial charge >= 0.3 is 0 Å². The van der Waals surface area contributed by atoms with Crippen LogP contribution in [0.15, 0.2) is 30.3 Å². The van der Waals surface area contributed by atoms with E-state index < -0.39 is 0 Å². The van der Waals surface area contributed by atoms with Crippen LogP contribution in [0.4, 0.5) is 0 Å². The Balaban J connectivity index is 2.48. The van der Waals surface area contributed by atoms with E-state index in [9.17, 15) is 0 Å². The zero-order valence-electron chi connectivity index (χ0n) is 11.7. The molecule has 1 aromatic carbocycles. The van der Waals surface area contributed by atoms with Gasteiger partial charge in [0.1, 0.15) is 0 Å². The van der Waals surface area contributed by atoms with Crippen molar-refractivity contribution in [3.05, 3.63) is 35.9 Å². The van der Waals surface area contributed by atoms with E-state index in [0.29, 0.717) is 13.2 Å². The standard InChI is InChI=1S/C15H25NO2/c1-4-14(15(17-5-2)18-6-3)16-12-13-10-8-7-9-11-13/h7-11,14-16H,4-6,12H2,1-3H3. The molecule has 3 heteroatoms. The highest BCUT2D eigenvalue weighted by atomic mass is 16.7. The second-order valence-corrected chi connectivity index (χ2v) is 4.16. The fourth-order valence-electron chi connectivity index (χ4n) is 1.89. The largest absolute Gasteiger partial charge is 0.351 e. The van der Waals surface area contributed by atoms with Gasteiger partial charge in [0.2, 0.25) is 0 Å². The molecule has 0 bridgehead atoms. The van der Waals surface area contributed by atoms with Gasteiger partial charge in [-0.15, -0.1) is 0 Å². The molecule has 1 rings (SSSR count). The Morgan fingerprint density at radius 3 is 2.11 bits per heavy atom. The Morgan fingerprint density at radius 2 is 1.61 bits per heavy atom. The van der Waals surface area contributed by atoms with Crippen molar-refractivity contribution in [2.45, 2.75) is 46.1 Å². The Labute approximate surface area is 110 Å². The maximum Gasteiger partial charge on any atom is 0.172 e. The van der Waals surface area contributed by atoms with Gasteiger partial charge in [-0.1, -0.05) is 37.3 Å². The molecule has 102 valence electrons. The molecular formula is C15H25NO2. The van der Waals surface area contributed by atoms with Crippen LogP contribution in [0.2, 0.25) is 0 Å². The molecule has 18 heavy (non-hydrogen) atoms. The van der Waals surface area contributed by atoms with E-state index in [0.717, 1.165) is 13.0 Å². The molecule has 3 nitrogen and oxygen atoms in total. The lowest BCUT2D eigenvalue weighted by Crippen LogP contribution is -2.42. The Morgan fingerprint density at radius 1 is 1.00 bits per heavy atom. The van der Waals surface area contributed by atoms with Crippen molar-refractivity contribution in [3.63, 3.8) is 0 Å². The van der Waals surface area contributed by atoms with Crippen LogP contribution in [0, 0.1) is 0 Å². The molecular weight excluding hydrogens is 226 g/mol. The van der Waals surface area contributed by atoms with E-state index in [1.165, 1.54) is 5.56 Å². The molecule has 0 aliphatic rings. The lowest BCUT2D eigenvalue weighted by Gasteiger charge is -2.26. The third kappa shape index (κ3) is 5.17. The number of ether oxygens (including phenoxy) is 2. The van der Waals surface area contributed by atoms with Crippen LogP contribution < -0.4 is 5.32 Å². The minimum absolute atomic E-state index is 0.159. The second kappa shape index (κ2) is 9.09. The van der Waals surface area contributed by atoms with Gasteiger partial charge in [0.05, 0.1) is 6.04 Å². The monoisotopic (exact) mass is 251 g/mol. The molecule has 1 unspecified atom stereocenters. The van der Waals surface area contributed by atoms with Crippen LogP contribution in [0.25, 0.3) is 0 Å². The maximum absolute atomic E-state index is 5.64. The third-order valence-corrected chi connectivity index (χ3v) is 2.84. The first-order chi connectivity index (χ1) is 8.81. The zero-order valence-corrected chi connectivity index (χ0v) is 11.7. The molecule has 0 saturated heterocycles. The van der Waals surface area contributed by atoms with Gasteiger partial charge in [0, 0.05) is 19.8 Å². The second-order valence-electron chi connectivity index (χ2n) is 4.16. The smallest absolute Gasteiger partial charge is 0.172 e. The van der Waals surface area contributed by atoms with Crippen LogP contribution in [0.3, 0.4) is 0 Å². The average Bonchev–Trinajstić information content (AvgIpc) is 2.41. The number of nitrogens with one attached hydrogen (secondary N) is 1. The fraction of sp³-hybridized carbons (Fsp3) is 0.600. The summed E-state index contributed by atoms with van der Waals surface area (Å²) in [6, 6.07) is 10.6. The molecule has 0 aliphatic heterocycles. The number of hydrogen-bond acceptors (Lipinski definition) is 3. The van der Waals surface area contributed by atoms with Crippen molar-refractivity contribution in [3.8, 4) is 0 Å². The summed E-state index contributed by atoms with van der Waals surface area (Å²) in [6.07, 6.45) is 0.825. The number of hydrogen-bond donors (Lipinski definition) is 1. The van der Waals surface area contributed by atoms with Gasteiger partial charge in [0.25, 0.3) is 0 Å². The molecule has 0 saturated carbocycles. The Bertz CT molecular complexity index is 297. The Hall–Kier alpha value is -0.900. The van der Waals surface area contributed by atoms with Crippen molar-refractivity contribution >= 4 is 0 Å². The molecule has 1 atom stereocenters. The molecule has 0 amide bonds. The summed E-state index contributed by atoms with van der Waals surface area (Å²) >= 11 is 0. The van der Waals surface area contributed by atoms with E-state index in [-0.39, 0.29) is 12.3 Å². The lowest BCUT2D eigenvalue weighted by molar-refractivity contribution is -0.154. The number of rotatable bonds is 9. The van der Waals surface area contributed by atoms with Crippen molar-refractivity contribution in [1.82, 2.24) is 5.32 Å². The van der Waals surface area contributed by atoms with Crippen molar-refractivity contribution < 1.29 is 9.47 Å². The highest BCUT2D eigenvalue weighted by Crippen LogP contribution is 2.08. The predicted molar refractivity (Wildman–Crippen MR) is 74.4 cm³/mol. The highest BCUT2D eigenvalue weighted by molar-refractivity contribution is 5.14. The van der Waals surface area contributed by atoms with Crippen molar-refractivity contribution in [1.29, 1.82) is 0 Å². The van der Waals surface area contributed by atoms with Gasteiger partial charge < -0.3 is 14.8 Å². The van der Waals surface area contributed by atoms with Gasteiger partial charge in [0.15, 0.2) is 6.29 Å². The van der Waals surface area contributed by atoms with Gasteiger partial charge in [-0.3, -0.25) is 0 Å². The first-order valence-corrected chi connectivity index (χ1v) is 6.82. The first-order valence-electron chi connectivity index (χ1n) is 6.82. The molecule has 0 spiro atoms. The summed E-state index contributed by atoms with van der Waals surface area (Å²) in [6.45, 7) is 8.33. The van der Waals surface area contributed by atoms with E-state index in [1.807, 2.05) is 19.9 Å². The summed E-state index contributed by atoms with van der Waals surface area (Å²) in [5, 5.41) is 3.51. The van der Waals surface area contributed by atoms with Crippen LogP contribution in [0.1, 0.15) is 32.8 Å². The SMILES string of the molecule is CCOC(OCC)C(CC)NCc1ccccc1. The predicted octanol–water partition coefficient (Wildman–Crippen LogP) is 2.95. The van der Waals surface area contributed by atoms with E-state index >= 15 is 0 Å². The van der Waals surface area contributed by atoms with Gasteiger partial charge in [-0.25, -0.2) is 0 Å². The molecule has 0 aromatic heterocycles. The maximum atomic E-state index is 5.64. The van der Waals surface area contributed by atoms with Crippen LogP contribution in [-0.4, -0.2) is 25.5 Å².